The number of aliphatic hydroxyl groups is 2. The SMILES string of the molecule is CN(C)C.CN(C)CCCC1CCN(c2ccc(C=O)c(Cl)n2)CC1.FC(F)F.O=CC(O)c1cccc(F)c1.OCF. The van der Waals surface area contributed by atoms with E-state index >= 15 is 0 Å². The number of nitrogens with zero attached hydrogens (tertiary/aromatic N) is 4. The molecule has 0 radical (unpaired) electrons. The molecule has 1 fully saturated rings. The molecule has 0 aliphatic carbocycles. The van der Waals surface area contributed by atoms with Crippen molar-refractivity contribution < 1.29 is 41.8 Å². The first-order valence-electron chi connectivity index (χ1n) is 13.3. The number of anilines is 1. The maximum atomic E-state index is 12.4. The van der Waals surface area contributed by atoms with Gasteiger partial charge in [-0.15, -0.1) is 0 Å². The number of pyridine rings is 1. The number of halogens is 6. The second kappa shape index (κ2) is 25.8. The molecule has 1 unspecified atom stereocenters. The van der Waals surface area contributed by atoms with Crippen molar-refractivity contribution >= 4 is 30.0 Å². The fourth-order valence-corrected chi connectivity index (χ4v) is 3.81. The van der Waals surface area contributed by atoms with Crippen molar-refractivity contribution in [1.29, 1.82) is 0 Å². The third kappa shape index (κ3) is 23.4. The molecule has 8 nitrogen and oxygen atoms in total. The van der Waals surface area contributed by atoms with E-state index < -0.39 is 25.5 Å². The van der Waals surface area contributed by atoms with E-state index in [1.54, 1.807) is 6.07 Å². The van der Waals surface area contributed by atoms with E-state index in [1.807, 2.05) is 32.1 Å². The Balaban J connectivity index is 0. The fourth-order valence-electron chi connectivity index (χ4n) is 3.62. The number of hydrogen-bond acceptors (Lipinski definition) is 8. The maximum absolute atomic E-state index is 12.4. The van der Waals surface area contributed by atoms with E-state index in [-0.39, 0.29) is 5.56 Å². The van der Waals surface area contributed by atoms with Gasteiger partial charge < -0.3 is 29.7 Å². The smallest absolute Gasteiger partial charge is 0.379 e. The molecule has 2 heterocycles. The summed E-state index contributed by atoms with van der Waals surface area (Å²) in [5, 5.41) is 16.1. The van der Waals surface area contributed by atoms with E-state index in [0.29, 0.717) is 17.0 Å². The summed E-state index contributed by atoms with van der Waals surface area (Å²) in [6.07, 6.45) is 4.89. The van der Waals surface area contributed by atoms with Gasteiger partial charge in [-0.3, -0.25) is 4.79 Å². The van der Waals surface area contributed by atoms with E-state index in [0.717, 1.165) is 37.2 Å². The van der Waals surface area contributed by atoms with Crippen LogP contribution in [0.3, 0.4) is 0 Å². The standard InChI is InChI=1S/C16H24ClN3O.C8H7FO2.C3H9N.CHF3.CH3FO/c1-19(2)9-3-4-13-7-10-20(11-8-13)15-6-5-14(12-21)16(17)18-15;9-7-3-1-2-6(4-7)8(11)5-10;1-4(2)3;2-1(3)4;2-1-3/h5-6,12-13H,3-4,7-11H2,1-2H3;1-5,8,11H;1-3H3;1H;3H,1H2. The lowest BCUT2D eigenvalue weighted by Crippen LogP contribution is -2.34. The van der Waals surface area contributed by atoms with Crippen LogP contribution in [-0.2, 0) is 4.79 Å². The van der Waals surface area contributed by atoms with Gasteiger partial charge >= 0.3 is 6.68 Å². The van der Waals surface area contributed by atoms with E-state index in [4.69, 9.17) is 21.8 Å². The number of rotatable bonds is 8. The van der Waals surface area contributed by atoms with Crippen molar-refractivity contribution in [1.82, 2.24) is 14.8 Å². The molecule has 0 saturated carbocycles. The van der Waals surface area contributed by atoms with Gasteiger partial charge in [0.05, 0.1) is 5.56 Å². The average molecular weight is 643 g/mol. The molecular weight excluding hydrogens is 599 g/mol. The highest BCUT2D eigenvalue weighted by molar-refractivity contribution is 6.31. The molecule has 3 rings (SSSR count). The third-order valence-electron chi connectivity index (χ3n) is 5.47. The van der Waals surface area contributed by atoms with Crippen LogP contribution >= 0.6 is 11.6 Å². The Morgan fingerprint density at radius 1 is 1.07 bits per heavy atom. The van der Waals surface area contributed by atoms with Crippen molar-refractivity contribution in [2.45, 2.75) is 38.5 Å². The Labute approximate surface area is 256 Å². The lowest BCUT2D eigenvalue weighted by molar-refractivity contribution is -0.115. The lowest BCUT2D eigenvalue weighted by Gasteiger charge is -2.33. The second-order valence-corrected chi connectivity index (χ2v) is 10.2. The zero-order valence-corrected chi connectivity index (χ0v) is 26.0. The highest BCUT2D eigenvalue weighted by Crippen LogP contribution is 2.26. The van der Waals surface area contributed by atoms with Gasteiger partial charge in [-0.05, 0) is 103 Å². The molecular formula is C29H44ClF5N4O4. The topological polar surface area (TPSA) is 97.2 Å². The van der Waals surface area contributed by atoms with Crippen molar-refractivity contribution in [3.63, 3.8) is 0 Å². The Bertz CT molecular complexity index is 990. The Morgan fingerprint density at radius 3 is 2.02 bits per heavy atom. The normalized spacial score (nSPS) is 13.3. The van der Waals surface area contributed by atoms with E-state index in [9.17, 15) is 31.5 Å². The Hall–Kier alpha value is -2.71. The van der Waals surface area contributed by atoms with Gasteiger partial charge in [0.15, 0.2) is 19.4 Å². The van der Waals surface area contributed by atoms with Gasteiger partial charge in [-0.1, -0.05) is 23.7 Å². The molecule has 1 aliphatic heterocycles. The molecule has 1 aromatic heterocycles. The molecule has 2 aromatic rings. The molecule has 1 saturated heterocycles. The summed E-state index contributed by atoms with van der Waals surface area (Å²) >= 11 is 6.00. The van der Waals surface area contributed by atoms with E-state index in [2.05, 4.69) is 28.9 Å². The van der Waals surface area contributed by atoms with Gasteiger partial charge in [-0.2, -0.15) is 13.2 Å². The molecule has 1 aromatic carbocycles. The van der Waals surface area contributed by atoms with Crippen LogP contribution in [0.25, 0.3) is 0 Å². The van der Waals surface area contributed by atoms with Gasteiger partial charge in [0.2, 0.25) is 0 Å². The summed E-state index contributed by atoms with van der Waals surface area (Å²) < 4.78 is 51.3. The van der Waals surface area contributed by atoms with Crippen LogP contribution in [0.2, 0.25) is 5.15 Å². The number of carbonyl (C=O) groups is 2. The number of benzene rings is 1. The maximum Gasteiger partial charge on any atom is 0.379 e. The number of hydrogen-bond donors (Lipinski definition) is 2. The number of aldehydes is 2. The van der Waals surface area contributed by atoms with Crippen LogP contribution in [0.1, 0.15) is 47.7 Å². The van der Waals surface area contributed by atoms with Crippen LogP contribution in [0.5, 0.6) is 0 Å². The first-order chi connectivity index (χ1) is 20.2. The van der Waals surface area contributed by atoms with Crippen LogP contribution in [0.15, 0.2) is 36.4 Å². The molecule has 1 aliphatic rings. The number of piperidine rings is 1. The zero-order valence-electron chi connectivity index (χ0n) is 25.3. The lowest BCUT2D eigenvalue weighted by atomic mass is 9.92. The third-order valence-corrected chi connectivity index (χ3v) is 5.77. The first-order valence-corrected chi connectivity index (χ1v) is 13.7. The number of aliphatic hydroxyl groups excluding tert-OH is 2. The van der Waals surface area contributed by atoms with Crippen LogP contribution in [0.4, 0.5) is 27.8 Å². The molecule has 0 spiro atoms. The zero-order chi connectivity index (χ0) is 33.4. The van der Waals surface area contributed by atoms with Crippen LogP contribution < -0.4 is 4.90 Å². The van der Waals surface area contributed by atoms with E-state index in [1.165, 1.54) is 50.4 Å². The molecule has 43 heavy (non-hydrogen) atoms. The highest BCUT2D eigenvalue weighted by Gasteiger charge is 2.20. The molecule has 246 valence electrons. The summed E-state index contributed by atoms with van der Waals surface area (Å²) in [4.78, 5) is 31.7. The monoisotopic (exact) mass is 642 g/mol. The minimum Gasteiger partial charge on any atom is -0.381 e. The van der Waals surface area contributed by atoms with Crippen LogP contribution in [0, 0.1) is 11.7 Å². The number of aromatic nitrogens is 1. The van der Waals surface area contributed by atoms with Crippen molar-refractivity contribution in [2.75, 3.05) is 66.6 Å². The molecule has 1 atom stereocenters. The number of alkyl halides is 4. The second-order valence-electron chi connectivity index (χ2n) is 9.89. The predicted octanol–water partition coefficient (Wildman–Crippen LogP) is 5.43. The molecule has 14 heteroatoms. The van der Waals surface area contributed by atoms with Gasteiger partial charge in [0.1, 0.15) is 22.9 Å². The summed E-state index contributed by atoms with van der Waals surface area (Å²) in [7, 11) is 10.3. The largest absolute Gasteiger partial charge is 0.381 e. The summed E-state index contributed by atoms with van der Waals surface area (Å²) in [6, 6.07) is 8.95. The Kier molecular flexibility index (Phi) is 25.4. The van der Waals surface area contributed by atoms with Crippen molar-refractivity contribution in [3.8, 4) is 0 Å². The highest BCUT2D eigenvalue weighted by atomic mass is 35.5. The minimum atomic E-state index is -3.67. The predicted molar refractivity (Wildman–Crippen MR) is 160 cm³/mol. The Morgan fingerprint density at radius 2 is 1.60 bits per heavy atom. The molecule has 0 bridgehead atoms. The van der Waals surface area contributed by atoms with Gasteiger partial charge in [-0.25, -0.2) is 13.8 Å². The summed E-state index contributed by atoms with van der Waals surface area (Å²) in [5.41, 5.74) is 0.735. The minimum absolute atomic E-state index is 0.278. The van der Waals surface area contributed by atoms with Gasteiger partial charge in [0, 0.05) is 13.1 Å². The summed E-state index contributed by atoms with van der Waals surface area (Å²) in [6.45, 7) is -1.70. The number of carbonyl (C=O) groups excluding carboxylic acids is 2. The molecule has 0 amide bonds. The average Bonchev–Trinajstić information content (AvgIpc) is 2.93. The van der Waals surface area contributed by atoms with Gasteiger partial charge in [0.25, 0.3) is 0 Å². The quantitative estimate of drug-likeness (QED) is 0.224. The summed E-state index contributed by atoms with van der Waals surface area (Å²) in [5.74, 6) is 1.26. The molecule has 2 N–H and O–H groups in total. The first kappa shape index (κ1) is 42.4. The fraction of sp³-hybridized carbons (Fsp3) is 0.552. The van der Waals surface area contributed by atoms with Crippen molar-refractivity contribution in [2.24, 2.45) is 5.92 Å². The van der Waals surface area contributed by atoms with Crippen LogP contribution in [-0.4, -0.2) is 106 Å². The van der Waals surface area contributed by atoms with Crippen molar-refractivity contribution in [3.05, 3.63) is 58.5 Å².